The molecule has 5 nitrogen and oxygen atoms in total. The third kappa shape index (κ3) is 2.87. The van der Waals surface area contributed by atoms with Crippen LogP contribution in [-0.4, -0.2) is 31.3 Å². The Kier molecular flexibility index (Phi) is 4.13. The van der Waals surface area contributed by atoms with Crippen molar-refractivity contribution in [2.75, 3.05) is 14.2 Å². The van der Waals surface area contributed by atoms with Crippen LogP contribution in [0.1, 0.15) is 5.56 Å². The summed E-state index contributed by atoms with van der Waals surface area (Å²) in [5.74, 6) is 0.218. The first-order valence-electron chi connectivity index (χ1n) is 4.77. The third-order valence-corrected chi connectivity index (χ3v) is 2.24. The van der Waals surface area contributed by atoms with Crippen molar-refractivity contribution >= 4 is 5.97 Å². The molecule has 0 heterocycles. The largest absolute Gasteiger partial charge is 0.497 e. The van der Waals surface area contributed by atoms with E-state index in [0.717, 1.165) is 5.56 Å². The van der Waals surface area contributed by atoms with Gasteiger partial charge in [0.1, 0.15) is 17.5 Å². The molecule has 0 aliphatic carbocycles. The average molecular weight is 225 g/mol. The van der Waals surface area contributed by atoms with E-state index in [1.807, 2.05) is 0 Å². The quantitative estimate of drug-likeness (QED) is 0.769. The highest BCUT2D eigenvalue weighted by Crippen LogP contribution is 2.24. The molecule has 0 fully saturated rings. The first-order valence-corrected chi connectivity index (χ1v) is 4.77. The highest BCUT2D eigenvalue weighted by Gasteiger charge is 2.15. The molecule has 1 aromatic carbocycles. The van der Waals surface area contributed by atoms with Crippen molar-refractivity contribution in [1.82, 2.24) is 0 Å². The van der Waals surface area contributed by atoms with E-state index in [0.29, 0.717) is 11.5 Å². The summed E-state index contributed by atoms with van der Waals surface area (Å²) in [7, 11) is 3.07. The first kappa shape index (κ1) is 12.3. The van der Waals surface area contributed by atoms with Gasteiger partial charge >= 0.3 is 5.97 Å². The fourth-order valence-electron chi connectivity index (χ4n) is 1.37. The number of methoxy groups -OCH3 is 2. The van der Waals surface area contributed by atoms with Crippen LogP contribution in [0.5, 0.6) is 11.5 Å². The van der Waals surface area contributed by atoms with Crippen LogP contribution in [0.15, 0.2) is 18.2 Å². The Morgan fingerprint density at radius 1 is 1.44 bits per heavy atom. The highest BCUT2D eigenvalue weighted by molar-refractivity contribution is 5.73. The minimum absolute atomic E-state index is 0.204. The molecule has 0 aliphatic heterocycles. The number of aliphatic carboxylic acids is 1. The van der Waals surface area contributed by atoms with Gasteiger partial charge in [-0.05, 0) is 23.8 Å². The summed E-state index contributed by atoms with van der Waals surface area (Å²) in [6.07, 6.45) is 0.204. The van der Waals surface area contributed by atoms with E-state index in [4.69, 9.17) is 20.3 Å². The molecule has 1 rings (SSSR count). The SMILES string of the molecule is COc1ccc(OC)c(CC(N)C(=O)O)c1. The predicted molar refractivity (Wildman–Crippen MR) is 58.9 cm³/mol. The number of carbonyl (C=O) groups is 1. The zero-order chi connectivity index (χ0) is 12.1. The molecule has 0 aromatic heterocycles. The molecule has 1 unspecified atom stereocenters. The van der Waals surface area contributed by atoms with Gasteiger partial charge in [-0.25, -0.2) is 0 Å². The lowest BCUT2D eigenvalue weighted by atomic mass is 10.1. The Balaban J connectivity index is 2.95. The Hall–Kier alpha value is -1.75. The van der Waals surface area contributed by atoms with Crippen molar-refractivity contribution < 1.29 is 19.4 Å². The number of carboxylic acids is 1. The van der Waals surface area contributed by atoms with E-state index in [2.05, 4.69) is 0 Å². The minimum atomic E-state index is -1.04. The van der Waals surface area contributed by atoms with Gasteiger partial charge in [-0.2, -0.15) is 0 Å². The van der Waals surface area contributed by atoms with E-state index in [1.165, 1.54) is 7.11 Å². The fraction of sp³-hybridized carbons (Fsp3) is 0.364. The van der Waals surface area contributed by atoms with Gasteiger partial charge in [0.25, 0.3) is 0 Å². The predicted octanol–water partition coefficient (Wildman–Crippen LogP) is 0.658. The molecule has 88 valence electrons. The van der Waals surface area contributed by atoms with Gasteiger partial charge in [0, 0.05) is 6.42 Å². The van der Waals surface area contributed by atoms with E-state index in [9.17, 15) is 4.79 Å². The summed E-state index contributed by atoms with van der Waals surface area (Å²) in [5, 5.41) is 8.74. The average Bonchev–Trinajstić information content (AvgIpc) is 2.28. The molecule has 5 heteroatoms. The monoisotopic (exact) mass is 225 g/mol. The van der Waals surface area contributed by atoms with Gasteiger partial charge in [0.05, 0.1) is 14.2 Å². The van der Waals surface area contributed by atoms with E-state index < -0.39 is 12.0 Å². The topological polar surface area (TPSA) is 81.8 Å². The Bertz CT molecular complexity index is 378. The normalized spacial score (nSPS) is 11.9. The maximum atomic E-state index is 10.7. The lowest BCUT2D eigenvalue weighted by Crippen LogP contribution is -2.32. The molecule has 0 bridgehead atoms. The molecule has 3 N–H and O–H groups in total. The smallest absolute Gasteiger partial charge is 0.320 e. The molecule has 0 spiro atoms. The zero-order valence-electron chi connectivity index (χ0n) is 9.27. The number of hydrogen-bond donors (Lipinski definition) is 2. The van der Waals surface area contributed by atoms with E-state index >= 15 is 0 Å². The van der Waals surface area contributed by atoms with Crippen LogP contribution in [0.4, 0.5) is 0 Å². The Labute approximate surface area is 93.8 Å². The van der Waals surface area contributed by atoms with Gasteiger partial charge in [-0.3, -0.25) is 4.79 Å². The first-order chi connectivity index (χ1) is 7.58. The van der Waals surface area contributed by atoms with Crippen LogP contribution in [0.3, 0.4) is 0 Å². The molecule has 1 aromatic rings. The maximum absolute atomic E-state index is 10.7. The van der Waals surface area contributed by atoms with Crippen LogP contribution < -0.4 is 15.2 Å². The summed E-state index contributed by atoms with van der Waals surface area (Å²) in [4.78, 5) is 10.7. The number of carboxylic acid groups (broad SMARTS) is 1. The van der Waals surface area contributed by atoms with Crippen LogP contribution in [0, 0.1) is 0 Å². The van der Waals surface area contributed by atoms with Gasteiger partial charge < -0.3 is 20.3 Å². The summed E-state index contributed by atoms with van der Waals surface area (Å²) in [5.41, 5.74) is 6.19. The van der Waals surface area contributed by atoms with Crippen molar-refractivity contribution in [1.29, 1.82) is 0 Å². The molecule has 0 radical (unpaired) electrons. The Morgan fingerprint density at radius 2 is 2.12 bits per heavy atom. The molecular formula is C11H15NO4. The molecule has 0 amide bonds. The second kappa shape index (κ2) is 5.37. The summed E-state index contributed by atoms with van der Waals surface area (Å²) >= 11 is 0. The fourth-order valence-corrected chi connectivity index (χ4v) is 1.37. The number of rotatable bonds is 5. The van der Waals surface area contributed by atoms with Crippen molar-refractivity contribution in [3.8, 4) is 11.5 Å². The van der Waals surface area contributed by atoms with E-state index in [1.54, 1.807) is 25.3 Å². The second-order valence-electron chi connectivity index (χ2n) is 3.33. The number of ether oxygens (including phenoxy) is 2. The maximum Gasteiger partial charge on any atom is 0.320 e. The van der Waals surface area contributed by atoms with Crippen LogP contribution >= 0.6 is 0 Å². The highest BCUT2D eigenvalue weighted by atomic mass is 16.5. The molecular weight excluding hydrogens is 210 g/mol. The zero-order valence-corrected chi connectivity index (χ0v) is 9.27. The number of nitrogens with two attached hydrogens (primary N) is 1. The van der Waals surface area contributed by atoms with Crippen LogP contribution in [0.2, 0.25) is 0 Å². The van der Waals surface area contributed by atoms with Gasteiger partial charge in [0.15, 0.2) is 0 Å². The summed E-state index contributed by atoms with van der Waals surface area (Å²) in [6.45, 7) is 0. The number of hydrogen-bond acceptors (Lipinski definition) is 4. The summed E-state index contributed by atoms with van der Waals surface area (Å²) in [6, 6.07) is 4.25. The molecule has 0 saturated heterocycles. The molecule has 16 heavy (non-hydrogen) atoms. The summed E-state index contributed by atoms with van der Waals surface area (Å²) < 4.78 is 10.2. The van der Waals surface area contributed by atoms with Crippen molar-refractivity contribution in [3.05, 3.63) is 23.8 Å². The van der Waals surface area contributed by atoms with Crippen LogP contribution in [0.25, 0.3) is 0 Å². The van der Waals surface area contributed by atoms with Crippen LogP contribution in [-0.2, 0) is 11.2 Å². The van der Waals surface area contributed by atoms with Crippen molar-refractivity contribution in [3.63, 3.8) is 0 Å². The van der Waals surface area contributed by atoms with Gasteiger partial charge in [0.2, 0.25) is 0 Å². The number of benzene rings is 1. The molecule has 1 atom stereocenters. The standard InChI is InChI=1S/C11H15NO4/c1-15-8-3-4-10(16-2)7(5-8)6-9(12)11(13)14/h3-5,9H,6,12H2,1-2H3,(H,13,14). The Morgan fingerprint density at radius 3 is 2.62 bits per heavy atom. The molecule has 0 aliphatic rings. The van der Waals surface area contributed by atoms with Gasteiger partial charge in [-0.1, -0.05) is 0 Å². The van der Waals surface area contributed by atoms with Crippen molar-refractivity contribution in [2.45, 2.75) is 12.5 Å². The lowest BCUT2D eigenvalue weighted by Gasteiger charge is -2.12. The van der Waals surface area contributed by atoms with Gasteiger partial charge in [-0.15, -0.1) is 0 Å². The minimum Gasteiger partial charge on any atom is -0.497 e. The second-order valence-corrected chi connectivity index (χ2v) is 3.33. The van der Waals surface area contributed by atoms with Crippen molar-refractivity contribution in [2.24, 2.45) is 5.73 Å². The van der Waals surface area contributed by atoms with E-state index in [-0.39, 0.29) is 6.42 Å². The molecule has 0 saturated carbocycles. The lowest BCUT2D eigenvalue weighted by molar-refractivity contribution is -0.138. The third-order valence-electron chi connectivity index (χ3n) is 2.24.